The smallest absolute Gasteiger partial charge is 0.405 e. The molecule has 1 aliphatic carbocycles. The molecule has 2 fully saturated rings. The molecule has 120 valence electrons. The molecule has 1 aliphatic heterocycles. The Hall–Kier alpha value is -1.76. The molecule has 2 N–H and O–H groups in total. The van der Waals surface area contributed by atoms with Crippen molar-refractivity contribution in [3.8, 4) is 5.75 Å². The van der Waals surface area contributed by atoms with Crippen LogP contribution >= 0.6 is 0 Å². The monoisotopic (exact) mass is 314 g/mol. The third-order valence-electron chi connectivity index (χ3n) is 4.19. The van der Waals surface area contributed by atoms with Gasteiger partial charge in [0.2, 0.25) is 5.91 Å². The number of alkyl halides is 3. The van der Waals surface area contributed by atoms with Gasteiger partial charge in [-0.15, -0.1) is 13.2 Å². The first-order chi connectivity index (χ1) is 10.3. The second-order valence-corrected chi connectivity index (χ2v) is 5.87. The lowest BCUT2D eigenvalue weighted by molar-refractivity contribution is -0.274. The third-order valence-corrected chi connectivity index (χ3v) is 4.19. The van der Waals surface area contributed by atoms with Crippen LogP contribution in [-0.4, -0.2) is 36.3 Å². The maximum absolute atomic E-state index is 12.4. The van der Waals surface area contributed by atoms with Gasteiger partial charge in [0.05, 0.1) is 0 Å². The minimum atomic E-state index is -4.73. The molecule has 4 nitrogen and oxygen atoms in total. The Kier molecular flexibility index (Phi) is 3.76. The van der Waals surface area contributed by atoms with Crippen molar-refractivity contribution < 1.29 is 22.7 Å². The minimum Gasteiger partial charge on any atom is -0.405 e. The lowest BCUT2D eigenvalue weighted by Gasteiger charge is -2.16. The quantitative estimate of drug-likeness (QED) is 0.931. The summed E-state index contributed by atoms with van der Waals surface area (Å²) in [6, 6.07) is 6.03. The van der Waals surface area contributed by atoms with Crippen molar-refractivity contribution in [3.05, 3.63) is 29.8 Å². The largest absolute Gasteiger partial charge is 0.573 e. The topological polar surface area (TPSA) is 55.6 Å². The third kappa shape index (κ3) is 3.19. The number of rotatable bonds is 3. The van der Waals surface area contributed by atoms with E-state index in [9.17, 15) is 18.0 Å². The van der Waals surface area contributed by atoms with E-state index in [4.69, 9.17) is 5.73 Å². The summed E-state index contributed by atoms with van der Waals surface area (Å²) in [7, 11) is 0. The van der Waals surface area contributed by atoms with Gasteiger partial charge in [-0.2, -0.15) is 0 Å². The van der Waals surface area contributed by atoms with Crippen LogP contribution in [0.15, 0.2) is 24.3 Å². The van der Waals surface area contributed by atoms with Gasteiger partial charge in [0.15, 0.2) is 0 Å². The zero-order chi connectivity index (χ0) is 15.9. The highest BCUT2D eigenvalue weighted by molar-refractivity contribution is 5.83. The Morgan fingerprint density at radius 3 is 2.68 bits per heavy atom. The maximum Gasteiger partial charge on any atom is 0.573 e. The average molecular weight is 314 g/mol. The van der Waals surface area contributed by atoms with E-state index in [2.05, 4.69) is 4.74 Å². The van der Waals surface area contributed by atoms with Crippen molar-refractivity contribution in [3.63, 3.8) is 0 Å². The highest BCUT2D eigenvalue weighted by Crippen LogP contribution is 2.51. The molecule has 1 aromatic rings. The van der Waals surface area contributed by atoms with E-state index in [0.29, 0.717) is 25.1 Å². The number of amides is 1. The summed E-state index contributed by atoms with van der Waals surface area (Å²) < 4.78 is 41.4. The molecule has 1 amide bonds. The van der Waals surface area contributed by atoms with Crippen LogP contribution in [0.4, 0.5) is 13.2 Å². The number of halogens is 3. The van der Waals surface area contributed by atoms with Crippen LogP contribution in [0, 0.1) is 5.92 Å². The number of para-hydroxylation sites is 1. The normalized spacial score (nSPS) is 27.8. The van der Waals surface area contributed by atoms with Crippen molar-refractivity contribution in [2.75, 3.05) is 13.1 Å². The Morgan fingerprint density at radius 2 is 2.05 bits per heavy atom. The number of hydrogen-bond donors (Lipinski definition) is 1. The Balaban J connectivity index is 1.71. The van der Waals surface area contributed by atoms with Crippen LogP contribution in [-0.2, 0) is 4.79 Å². The van der Waals surface area contributed by atoms with Gasteiger partial charge in [-0.05, 0) is 30.4 Å². The zero-order valence-corrected chi connectivity index (χ0v) is 11.8. The fraction of sp³-hybridized carbons (Fsp3) is 0.533. The van der Waals surface area contributed by atoms with Gasteiger partial charge >= 0.3 is 6.36 Å². The van der Waals surface area contributed by atoms with Crippen molar-refractivity contribution in [1.82, 2.24) is 4.90 Å². The van der Waals surface area contributed by atoms with Gasteiger partial charge in [0.25, 0.3) is 0 Å². The first-order valence-electron chi connectivity index (χ1n) is 7.24. The molecule has 0 radical (unpaired) electrons. The second kappa shape index (κ2) is 5.46. The SMILES string of the molecule is N[C@H]1CCN(C(=O)[C@H]2C[C@@H]2c2ccccc2OC(F)(F)F)C1. The van der Waals surface area contributed by atoms with Crippen LogP contribution in [0.5, 0.6) is 5.75 Å². The highest BCUT2D eigenvalue weighted by atomic mass is 19.4. The van der Waals surface area contributed by atoms with E-state index in [0.717, 1.165) is 6.42 Å². The van der Waals surface area contributed by atoms with Crippen molar-refractivity contribution in [1.29, 1.82) is 0 Å². The molecule has 0 aromatic heterocycles. The molecule has 1 heterocycles. The van der Waals surface area contributed by atoms with E-state index in [-0.39, 0.29) is 29.5 Å². The van der Waals surface area contributed by atoms with Gasteiger partial charge in [-0.1, -0.05) is 18.2 Å². The Morgan fingerprint density at radius 1 is 1.32 bits per heavy atom. The predicted molar refractivity (Wildman–Crippen MR) is 73.1 cm³/mol. The molecular formula is C15H17F3N2O2. The predicted octanol–water partition coefficient (Wildman–Crippen LogP) is 2.25. The highest BCUT2D eigenvalue weighted by Gasteiger charge is 2.48. The van der Waals surface area contributed by atoms with Gasteiger partial charge in [0.1, 0.15) is 5.75 Å². The Bertz CT molecular complexity index is 576. The Labute approximate surface area is 126 Å². The van der Waals surface area contributed by atoms with Crippen molar-refractivity contribution >= 4 is 5.91 Å². The summed E-state index contributed by atoms with van der Waals surface area (Å²) in [4.78, 5) is 14.1. The van der Waals surface area contributed by atoms with E-state index in [1.54, 1.807) is 17.0 Å². The lowest BCUT2D eigenvalue weighted by Crippen LogP contribution is -2.33. The summed E-state index contributed by atoms with van der Waals surface area (Å²) in [5.41, 5.74) is 6.23. The molecule has 22 heavy (non-hydrogen) atoms. The maximum atomic E-state index is 12.4. The van der Waals surface area contributed by atoms with Crippen LogP contribution in [0.2, 0.25) is 0 Å². The lowest BCUT2D eigenvalue weighted by atomic mass is 10.1. The van der Waals surface area contributed by atoms with Crippen LogP contribution in [0.3, 0.4) is 0 Å². The number of benzene rings is 1. The minimum absolute atomic E-state index is 0.00185. The fourth-order valence-corrected chi connectivity index (χ4v) is 3.04. The zero-order valence-electron chi connectivity index (χ0n) is 11.8. The second-order valence-electron chi connectivity index (χ2n) is 5.87. The molecule has 0 spiro atoms. The van der Waals surface area contributed by atoms with Gasteiger partial charge in [-0.25, -0.2) is 0 Å². The van der Waals surface area contributed by atoms with Gasteiger partial charge in [0, 0.05) is 25.0 Å². The molecule has 0 unspecified atom stereocenters. The summed E-state index contributed by atoms with van der Waals surface area (Å²) in [6.07, 6.45) is -3.40. The molecular weight excluding hydrogens is 297 g/mol. The molecule has 2 aliphatic rings. The first kappa shape index (κ1) is 15.1. The van der Waals surface area contributed by atoms with Crippen molar-refractivity contribution in [2.24, 2.45) is 11.7 Å². The van der Waals surface area contributed by atoms with Crippen LogP contribution in [0.1, 0.15) is 24.3 Å². The number of likely N-dealkylation sites (tertiary alicyclic amines) is 1. The van der Waals surface area contributed by atoms with E-state index >= 15 is 0 Å². The number of carbonyl (C=O) groups is 1. The van der Waals surface area contributed by atoms with Crippen LogP contribution in [0.25, 0.3) is 0 Å². The van der Waals surface area contributed by atoms with E-state index in [1.807, 2.05) is 0 Å². The number of hydrogen-bond acceptors (Lipinski definition) is 3. The number of ether oxygens (including phenoxy) is 1. The molecule has 7 heteroatoms. The standard InChI is InChI=1S/C15H17F3N2O2/c16-15(17,18)22-13-4-2-1-3-10(13)11-7-12(11)14(21)20-6-5-9(19)8-20/h1-4,9,11-12H,5-8,19H2/t9-,11+,12-/m0/s1. The number of carbonyl (C=O) groups excluding carboxylic acids is 1. The summed E-state index contributed by atoms with van der Waals surface area (Å²) in [5.74, 6) is -0.695. The van der Waals surface area contributed by atoms with Crippen molar-refractivity contribution in [2.45, 2.75) is 31.2 Å². The summed E-state index contributed by atoms with van der Waals surface area (Å²) in [6.45, 7) is 1.16. The molecule has 3 atom stereocenters. The van der Waals surface area contributed by atoms with Gasteiger partial charge < -0.3 is 15.4 Å². The first-order valence-corrected chi connectivity index (χ1v) is 7.24. The fourth-order valence-electron chi connectivity index (χ4n) is 3.04. The molecule has 1 saturated carbocycles. The average Bonchev–Trinajstić information content (AvgIpc) is 3.11. The molecule has 1 aromatic carbocycles. The van der Waals surface area contributed by atoms with E-state index < -0.39 is 6.36 Å². The van der Waals surface area contributed by atoms with Gasteiger partial charge in [-0.3, -0.25) is 4.79 Å². The summed E-state index contributed by atoms with van der Waals surface area (Å²) in [5, 5.41) is 0. The number of nitrogens with zero attached hydrogens (tertiary/aromatic N) is 1. The molecule has 0 bridgehead atoms. The van der Waals surface area contributed by atoms with Crippen LogP contribution < -0.4 is 10.5 Å². The molecule has 3 rings (SSSR count). The summed E-state index contributed by atoms with van der Waals surface area (Å²) >= 11 is 0. The molecule has 1 saturated heterocycles. The van der Waals surface area contributed by atoms with E-state index in [1.165, 1.54) is 12.1 Å². The number of nitrogens with two attached hydrogens (primary N) is 1.